The molecule has 1 aliphatic rings. The molecule has 1 aromatic carbocycles. The SMILES string of the molecule is C=CCOCCS(=O)(=O)c1ccc2c(c1)CCC2. The largest absolute Gasteiger partial charge is 0.376 e. The summed E-state index contributed by atoms with van der Waals surface area (Å²) in [5.41, 5.74) is 2.47. The second-order valence-corrected chi connectivity index (χ2v) is 6.58. The van der Waals surface area contributed by atoms with E-state index in [4.69, 9.17) is 4.74 Å². The van der Waals surface area contributed by atoms with Gasteiger partial charge in [-0.25, -0.2) is 8.42 Å². The minimum Gasteiger partial charge on any atom is -0.376 e. The Morgan fingerprint density at radius 2 is 2.06 bits per heavy atom. The molecule has 0 aromatic heterocycles. The third-order valence-corrected chi connectivity index (χ3v) is 4.84. The molecule has 0 bridgehead atoms. The van der Waals surface area contributed by atoms with E-state index >= 15 is 0 Å². The van der Waals surface area contributed by atoms with E-state index in [1.807, 2.05) is 12.1 Å². The molecular weight excluding hydrogens is 248 g/mol. The number of hydrogen-bond donors (Lipinski definition) is 0. The molecule has 0 aliphatic heterocycles. The van der Waals surface area contributed by atoms with Crippen molar-refractivity contribution in [2.24, 2.45) is 0 Å². The number of aryl methyl sites for hydroxylation is 2. The van der Waals surface area contributed by atoms with E-state index in [1.165, 1.54) is 11.1 Å². The maximum absolute atomic E-state index is 12.1. The standard InChI is InChI=1S/C14H18O3S/c1-2-8-17-9-10-18(15,16)14-7-6-12-4-3-5-13(12)11-14/h2,6-7,11H,1,3-5,8-10H2. The van der Waals surface area contributed by atoms with Gasteiger partial charge in [-0.15, -0.1) is 6.58 Å². The fourth-order valence-corrected chi connectivity index (χ4v) is 3.36. The topological polar surface area (TPSA) is 43.4 Å². The Morgan fingerprint density at radius 1 is 1.28 bits per heavy atom. The van der Waals surface area contributed by atoms with Gasteiger partial charge in [0.25, 0.3) is 0 Å². The zero-order valence-corrected chi connectivity index (χ0v) is 11.2. The Labute approximate surface area is 108 Å². The van der Waals surface area contributed by atoms with Crippen LogP contribution < -0.4 is 0 Å². The number of hydrogen-bond acceptors (Lipinski definition) is 3. The lowest BCUT2D eigenvalue weighted by molar-refractivity contribution is 0.179. The van der Waals surface area contributed by atoms with Crippen LogP contribution in [0, 0.1) is 0 Å². The fourth-order valence-electron chi connectivity index (χ4n) is 2.19. The predicted molar refractivity (Wildman–Crippen MR) is 71.5 cm³/mol. The first-order valence-corrected chi connectivity index (χ1v) is 7.82. The highest BCUT2D eigenvalue weighted by Crippen LogP contribution is 2.25. The van der Waals surface area contributed by atoms with E-state index in [9.17, 15) is 8.42 Å². The fraction of sp³-hybridized carbons (Fsp3) is 0.429. The van der Waals surface area contributed by atoms with E-state index in [0.717, 1.165) is 19.3 Å². The molecule has 98 valence electrons. The van der Waals surface area contributed by atoms with Crippen LogP contribution in [0.1, 0.15) is 17.5 Å². The van der Waals surface area contributed by atoms with Gasteiger partial charge in [-0.1, -0.05) is 12.1 Å². The minimum atomic E-state index is -3.22. The molecule has 0 atom stereocenters. The Morgan fingerprint density at radius 3 is 2.83 bits per heavy atom. The Balaban J connectivity index is 2.07. The van der Waals surface area contributed by atoms with Crippen molar-refractivity contribution in [1.82, 2.24) is 0 Å². The summed E-state index contributed by atoms with van der Waals surface area (Å²) in [5.74, 6) is 0.0274. The van der Waals surface area contributed by atoms with Gasteiger partial charge in [-0.3, -0.25) is 0 Å². The first-order chi connectivity index (χ1) is 8.63. The van der Waals surface area contributed by atoms with E-state index in [0.29, 0.717) is 11.5 Å². The van der Waals surface area contributed by atoms with Gasteiger partial charge >= 0.3 is 0 Å². The molecule has 0 spiro atoms. The van der Waals surface area contributed by atoms with Crippen molar-refractivity contribution in [3.63, 3.8) is 0 Å². The highest BCUT2D eigenvalue weighted by atomic mass is 32.2. The summed E-state index contributed by atoms with van der Waals surface area (Å²) in [4.78, 5) is 0.422. The van der Waals surface area contributed by atoms with Gasteiger partial charge in [0.15, 0.2) is 9.84 Å². The zero-order chi connectivity index (χ0) is 13.0. The highest BCUT2D eigenvalue weighted by Gasteiger charge is 2.18. The van der Waals surface area contributed by atoms with Crippen molar-refractivity contribution in [2.75, 3.05) is 19.0 Å². The van der Waals surface area contributed by atoms with E-state index < -0.39 is 9.84 Å². The van der Waals surface area contributed by atoms with Crippen molar-refractivity contribution in [2.45, 2.75) is 24.2 Å². The second-order valence-electron chi connectivity index (χ2n) is 4.47. The van der Waals surface area contributed by atoms with Crippen molar-refractivity contribution in [3.8, 4) is 0 Å². The Bertz CT molecular complexity index is 532. The molecule has 1 aliphatic carbocycles. The van der Waals surface area contributed by atoms with Crippen molar-refractivity contribution >= 4 is 9.84 Å². The summed E-state index contributed by atoms with van der Waals surface area (Å²) < 4.78 is 29.3. The monoisotopic (exact) mass is 266 g/mol. The van der Waals surface area contributed by atoms with Crippen LogP contribution in [-0.2, 0) is 27.4 Å². The molecule has 0 unspecified atom stereocenters. The van der Waals surface area contributed by atoms with Gasteiger partial charge in [-0.05, 0) is 42.5 Å². The maximum atomic E-state index is 12.1. The van der Waals surface area contributed by atoms with Crippen molar-refractivity contribution in [3.05, 3.63) is 42.0 Å². The molecule has 0 N–H and O–H groups in total. The molecule has 1 aromatic rings. The van der Waals surface area contributed by atoms with Crippen LogP contribution >= 0.6 is 0 Å². The number of benzene rings is 1. The van der Waals surface area contributed by atoms with Crippen molar-refractivity contribution in [1.29, 1.82) is 0 Å². The molecule has 0 saturated heterocycles. The van der Waals surface area contributed by atoms with Crippen LogP contribution in [0.2, 0.25) is 0 Å². The number of sulfone groups is 1. The molecular formula is C14H18O3S. The van der Waals surface area contributed by atoms with E-state index in [1.54, 1.807) is 12.1 Å². The van der Waals surface area contributed by atoms with E-state index in [2.05, 4.69) is 6.58 Å². The second kappa shape index (κ2) is 5.67. The van der Waals surface area contributed by atoms with Gasteiger partial charge in [-0.2, -0.15) is 0 Å². The van der Waals surface area contributed by atoms with Crippen LogP contribution in [0.5, 0.6) is 0 Å². The smallest absolute Gasteiger partial charge is 0.180 e. The first kappa shape index (κ1) is 13.3. The maximum Gasteiger partial charge on any atom is 0.180 e. The molecule has 4 heteroatoms. The molecule has 0 saturated carbocycles. The summed E-state index contributed by atoms with van der Waals surface area (Å²) in [6, 6.07) is 5.48. The van der Waals surface area contributed by atoms with Crippen molar-refractivity contribution < 1.29 is 13.2 Å². The Hall–Kier alpha value is -1.13. The molecule has 0 fully saturated rings. The first-order valence-electron chi connectivity index (χ1n) is 6.17. The number of fused-ring (bicyclic) bond motifs is 1. The Kier molecular flexibility index (Phi) is 4.19. The van der Waals surface area contributed by atoms with Crippen LogP contribution in [0.25, 0.3) is 0 Å². The van der Waals surface area contributed by atoms with Gasteiger partial charge in [0, 0.05) is 0 Å². The lowest BCUT2D eigenvalue weighted by atomic mass is 10.1. The third kappa shape index (κ3) is 3.00. The predicted octanol–water partition coefficient (Wildman–Crippen LogP) is 2.15. The molecule has 0 heterocycles. The molecule has 0 radical (unpaired) electrons. The van der Waals surface area contributed by atoms with Gasteiger partial charge in [0.05, 0.1) is 23.9 Å². The van der Waals surface area contributed by atoms with Crippen LogP contribution in [-0.4, -0.2) is 27.4 Å². The van der Waals surface area contributed by atoms with Crippen LogP contribution in [0.4, 0.5) is 0 Å². The zero-order valence-electron chi connectivity index (χ0n) is 10.4. The average molecular weight is 266 g/mol. The third-order valence-electron chi connectivity index (χ3n) is 3.16. The summed E-state index contributed by atoms with van der Waals surface area (Å²) in [6.07, 6.45) is 4.80. The average Bonchev–Trinajstić information content (AvgIpc) is 2.82. The lowest BCUT2D eigenvalue weighted by Crippen LogP contribution is -2.13. The lowest BCUT2D eigenvalue weighted by Gasteiger charge is -2.07. The number of rotatable bonds is 6. The summed E-state index contributed by atoms with van der Waals surface area (Å²) >= 11 is 0. The highest BCUT2D eigenvalue weighted by molar-refractivity contribution is 7.91. The summed E-state index contributed by atoms with van der Waals surface area (Å²) in [7, 11) is -3.22. The van der Waals surface area contributed by atoms with Gasteiger partial charge < -0.3 is 4.74 Å². The summed E-state index contributed by atoms with van der Waals surface area (Å²) in [5, 5.41) is 0. The summed E-state index contributed by atoms with van der Waals surface area (Å²) in [6.45, 7) is 4.12. The molecule has 2 rings (SSSR count). The van der Waals surface area contributed by atoms with Crippen LogP contribution in [0.15, 0.2) is 35.7 Å². The quantitative estimate of drug-likeness (QED) is 0.585. The van der Waals surface area contributed by atoms with Crippen LogP contribution in [0.3, 0.4) is 0 Å². The normalized spacial score (nSPS) is 14.4. The molecule has 3 nitrogen and oxygen atoms in total. The molecule has 18 heavy (non-hydrogen) atoms. The van der Waals surface area contributed by atoms with Gasteiger partial charge in [0.2, 0.25) is 0 Å². The minimum absolute atomic E-state index is 0.0274. The van der Waals surface area contributed by atoms with Gasteiger partial charge in [0.1, 0.15) is 0 Å². The number of ether oxygens (including phenoxy) is 1. The van der Waals surface area contributed by atoms with E-state index in [-0.39, 0.29) is 12.4 Å². The molecule has 0 amide bonds.